The van der Waals surface area contributed by atoms with Crippen molar-refractivity contribution in [1.29, 1.82) is 5.26 Å². The number of nitriles is 1. The molecule has 4 aromatic rings. The van der Waals surface area contributed by atoms with Gasteiger partial charge in [0.1, 0.15) is 5.41 Å². The summed E-state index contributed by atoms with van der Waals surface area (Å²) in [5, 5.41) is 13.4. The first-order valence-electron chi connectivity index (χ1n) is 12.3. The Kier molecular flexibility index (Phi) is 5.62. The highest BCUT2D eigenvalue weighted by molar-refractivity contribution is 5.98. The molecule has 0 saturated carbocycles. The highest BCUT2D eigenvalue weighted by Crippen LogP contribution is 2.32. The lowest BCUT2D eigenvalue weighted by atomic mass is 9.79. The molecule has 0 saturated heterocycles. The number of aromatic nitrogens is 3. The first-order valence-corrected chi connectivity index (χ1v) is 12.3. The molecule has 0 fully saturated rings. The fraction of sp³-hybridized carbons (Fsp3) is 0.241. The van der Waals surface area contributed by atoms with Crippen LogP contribution in [0.5, 0.6) is 0 Å². The molecule has 1 aromatic carbocycles. The minimum atomic E-state index is -0.785. The third-order valence-corrected chi connectivity index (χ3v) is 7.12. The Bertz CT molecular complexity index is 1680. The summed E-state index contributed by atoms with van der Waals surface area (Å²) < 4.78 is 5.55. The van der Waals surface area contributed by atoms with E-state index >= 15 is 0 Å². The summed E-state index contributed by atoms with van der Waals surface area (Å²) in [4.78, 5) is 40.7. The van der Waals surface area contributed by atoms with Gasteiger partial charge in [-0.05, 0) is 60.5 Å². The normalized spacial score (nSPS) is 18.1. The Balaban J connectivity index is 1.21. The summed E-state index contributed by atoms with van der Waals surface area (Å²) in [6, 6.07) is 17.0. The summed E-state index contributed by atoms with van der Waals surface area (Å²) in [7, 11) is 1.76. The Hall–Kier alpha value is -4.68. The molecular formula is C29H24N6O3. The van der Waals surface area contributed by atoms with Gasteiger partial charge in [0, 0.05) is 24.2 Å². The zero-order valence-electron chi connectivity index (χ0n) is 21.0. The standard InChI is InChI=1S/C29H24N6O3/c1-29(15-30)16-38-14-19-4-3-17(9-22(19)29)27(36)32-12-20-10-25-18(11-31-20)5-7-23(33-25)24-8-6-21-26(34-24)13-35(2)28(21)37/h3-11H,12-14,16H2,1-2H3,(H,32,36)/t29-/m1/s1. The maximum absolute atomic E-state index is 12.9. The molecule has 0 aliphatic carbocycles. The number of hydrogen-bond acceptors (Lipinski definition) is 7. The van der Waals surface area contributed by atoms with E-state index in [-0.39, 0.29) is 18.4 Å². The maximum atomic E-state index is 12.9. The van der Waals surface area contributed by atoms with Crippen molar-refractivity contribution in [3.05, 3.63) is 88.4 Å². The quantitative estimate of drug-likeness (QED) is 0.451. The molecule has 0 unspecified atom stereocenters. The van der Waals surface area contributed by atoms with Crippen LogP contribution in [0, 0.1) is 11.3 Å². The fourth-order valence-electron chi connectivity index (χ4n) is 4.92. The van der Waals surface area contributed by atoms with Crippen LogP contribution >= 0.6 is 0 Å². The van der Waals surface area contributed by atoms with Gasteiger partial charge in [0.05, 0.1) is 66.2 Å². The van der Waals surface area contributed by atoms with Gasteiger partial charge < -0.3 is 15.0 Å². The van der Waals surface area contributed by atoms with Crippen molar-refractivity contribution in [2.45, 2.75) is 32.0 Å². The van der Waals surface area contributed by atoms with Crippen LogP contribution in [0.3, 0.4) is 0 Å². The van der Waals surface area contributed by atoms with Gasteiger partial charge in [-0.1, -0.05) is 6.07 Å². The minimum absolute atomic E-state index is 0.0215. The first kappa shape index (κ1) is 23.7. The van der Waals surface area contributed by atoms with Crippen LogP contribution in [0.2, 0.25) is 0 Å². The predicted molar refractivity (Wildman–Crippen MR) is 139 cm³/mol. The van der Waals surface area contributed by atoms with E-state index in [1.54, 1.807) is 36.3 Å². The van der Waals surface area contributed by atoms with Gasteiger partial charge in [-0.2, -0.15) is 5.26 Å². The van der Waals surface area contributed by atoms with Gasteiger partial charge >= 0.3 is 0 Å². The number of hydrogen-bond donors (Lipinski definition) is 1. The largest absolute Gasteiger partial charge is 0.375 e. The molecule has 3 aromatic heterocycles. The van der Waals surface area contributed by atoms with Crippen LogP contribution in [-0.2, 0) is 29.8 Å². The molecule has 0 radical (unpaired) electrons. The van der Waals surface area contributed by atoms with E-state index in [4.69, 9.17) is 9.72 Å². The summed E-state index contributed by atoms with van der Waals surface area (Å²) >= 11 is 0. The molecule has 2 amide bonds. The van der Waals surface area contributed by atoms with Crippen LogP contribution in [0.25, 0.3) is 22.3 Å². The predicted octanol–water partition coefficient (Wildman–Crippen LogP) is 3.52. The van der Waals surface area contributed by atoms with Gasteiger partial charge in [-0.15, -0.1) is 0 Å². The van der Waals surface area contributed by atoms with Crippen molar-refractivity contribution in [2.75, 3.05) is 13.7 Å². The van der Waals surface area contributed by atoms with Gasteiger partial charge in [0.15, 0.2) is 0 Å². The summed E-state index contributed by atoms with van der Waals surface area (Å²) in [5.74, 6) is -0.267. The number of nitrogens with one attached hydrogen (secondary N) is 1. The number of benzene rings is 1. The average molecular weight is 505 g/mol. The third kappa shape index (κ3) is 4.05. The Morgan fingerprint density at radius 1 is 1.16 bits per heavy atom. The van der Waals surface area contributed by atoms with Crippen molar-refractivity contribution in [2.24, 2.45) is 0 Å². The van der Waals surface area contributed by atoms with Crippen molar-refractivity contribution in [3.63, 3.8) is 0 Å². The number of pyridine rings is 3. The van der Waals surface area contributed by atoms with Crippen LogP contribution in [0.15, 0.2) is 54.7 Å². The molecule has 9 nitrogen and oxygen atoms in total. The van der Waals surface area contributed by atoms with Crippen molar-refractivity contribution in [1.82, 2.24) is 25.2 Å². The van der Waals surface area contributed by atoms with Crippen LogP contribution in [-0.4, -0.2) is 45.3 Å². The van der Waals surface area contributed by atoms with E-state index in [0.29, 0.717) is 48.0 Å². The molecule has 38 heavy (non-hydrogen) atoms. The number of ether oxygens (including phenoxy) is 1. The molecule has 2 aliphatic heterocycles. The molecule has 1 N–H and O–H groups in total. The maximum Gasteiger partial charge on any atom is 0.255 e. The van der Waals surface area contributed by atoms with Crippen molar-refractivity contribution in [3.8, 4) is 17.5 Å². The monoisotopic (exact) mass is 504 g/mol. The lowest BCUT2D eigenvalue weighted by Crippen LogP contribution is -2.33. The van der Waals surface area contributed by atoms with Crippen LogP contribution in [0.4, 0.5) is 0 Å². The Morgan fingerprint density at radius 3 is 2.82 bits per heavy atom. The number of carbonyl (C=O) groups excluding carboxylic acids is 2. The van der Waals surface area contributed by atoms with Gasteiger partial charge in [0.25, 0.3) is 11.8 Å². The zero-order chi connectivity index (χ0) is 26.4. The number of fused-ring (bicyclic) bond motifs is 3. The lowest BCUT2D eigenvalue weighted by molar-refractivity contribution is 0.0757. The number of carbonyl (C=O) groups is 2. The second kappa shape index (κ2) is 9.01. The lowest BCUT2D eigenvalue weighted by Gasteiger charge is -2.30. The number of rotatable bonds is 4. The van der Waals surface area contributed by atoms with Gasteiger partial charge in [0.2, 0.25) is 0 Å². The molecule has 6 rings (SSSR count). The van der Waals surface area contributed by atoms with Crippen LogP contribution < -0.4 is 5.32 Å². The molecule has 5 heterocycles. The second-order valence-corrected chi connectivity index (χ2v) is 9.91. The Labute approximate surface area is 219 Å². The van der Waals surface area contributed by atoms with Crippen molar-refractivity contribution >= 4 is 22.7 Å². The molecule has 1 atom stereocenters. The minimum Gasteiger partial charge on any atom is -0.375 e. The fourth-order valence-corrected chi connectivity index (χ4v) is 4.92. The summed E-state index contributed by atoms with van der Waals surface area (Å²) in [6.07, 6.45) is 1.73. The molecule has 2 aliphatic rings. The third-order valence-electron chi connectivity index (χ3n) is 7.12. The van der Waals surface area contributed by atoms with E-state index in [0.717, 1.165) is 27.7 Å². The van der Waals surface area contributed by atoms with E-state index in [1.807, 2.05) is 37.3 Å². The molecule has 188 valence electrons. The van der Waals surface area contributed by atoms with Crippen molar-refractivity contribution < 1.29 is 14.3 Å². The van der Waals surface area contributed by atoms with Gasteiger partial charge in [-0.3, -0.25) is 14.6 Å². The summed E-state index contributed by atoms with van der Waals surface area (Å²) in [6.45, 7) is 3.26. The Morgan fingerprint density at radius 2 is 1.97 bits per heavy atom. The van der Waals surface area contributed by atoms with Crippen LogP contribution in [0.1, 0.15) is 50.2 Å². The first-order chi connectivity index (χ1) is 18.3. The van der Waals surface area contributed by atoms with E-state index < -0.39 is 5.41 Å². The van der Waals surface area contributed by atoms with E-state index in [9.17, 15) is 14.9 Å². The van der Waals surface area contributed by atoms with E-state index in [2.05, 4.69) is 21.4 Å². The molecule has 0 bridgehead atoms. The SMILES string of the molecule is CN1Cc2nc(-c3ccc4cnc(CNC(=O)c5ccc6c(c5)[C@](C)(C#N)COC6)cc4n3)ccc2C1=O. The number of amides is 2. The molecule has 9 heteroatoms. The average Bonchev–Trinajstić information content (AvgIpc) is 3.23. The zero-order valence-corrected chi connectivity index (χ0v) is 21.0. The number of nitrogens with zero attached hydrogens (tertiary/aromatic N) is 5. The van der Waals surface area contributed by atoms with E-state index in [1.165, 1.54) is 0 Å². The molecule has 0 spiro atoms. The highest BCUT2D eigenvalue weighted by Gasteiger charge is 2.33. The second-order valence-electron chi connectivity index (χ2n) is 9.91. The molecular weight excluding hydrogens is 480 g/mol. The summed E-state index contributed by atoms with van der Waals surface area (Å²) in [5.41, 5.74) is 5.62. The smallest absolute Gasteiger partial charge is 0.255 e. The highest BCUT2D eigenvalue weighted by atomic mass is 16.5. The van der Waals surface area contributed by atoms with Gasteiger partial charge in [-0.25, -0.2) is 9.97 Å². The topological polar surface area (TPSA) is 121 Å².